The van der Waals surface area contributed by atoms with E-state index in [0.717, 1.165) is 11.3 Å². The summed E-state index contributed by atoms with van der Waals surface area (Å²) in [6, 6.07) is 5.28. The Morgan fingerprint density at radius 1 is 1.43 bits per heavy atom. The molecule has 4 nitrogen and oxygen atoms in total. The van der Waals surface area contributed by atoms with Crippen molar-refractivity contribution >= 4 is 5.91 Å². The van der Waals surface area contributed by atoms with E-state index in [1.165, 1.54) is 0 Å². The van der Waals surface area contributed by atoms with Gasteiger partial charge in [0.15, 0.2) is 0 Å². The Bertz CT molecular complexity index is 337. The largest absolute Gasteiger partial charge is 0.496 e. The van der Waals surface area contributed by atoms with Gasteiger partial charge < -0.3 is 4.74 Å². The van der Waals surface area contributed by atoms with Crippen molar-refractivity contribution < 1.29 is 9.53 Å². The number of benzene rings is 1. The first kappa shape index (κ1) is 10.5. The average Bonchev–Trinajstić information content (AvgIpc) is 2.18. The maximum absolute atomic E-state index is 11.4. The summed E-state index contributed by atoms with van der Waals surface area (Å²) in [7, 11) is 3.25. The molecule has 1 aromatic carbocycles. The molecule has 14 heavy (non-hydrogen) atoms. The summed E-state index contributed by atoms with van der Waals surface area (Å²) in [5.41, 5.74) is 6.63. The van der Waals surface area contributed by atoms with Gasteiger partial charge in [0.1, 0.15) is 5.75 Å². The summed E-state index contributed by atoms with van der Waals surface area (Å²) in [6.45, 7) is 1.90. The number of rotatable bonds is 3. The van der Waals surface area contributed by atoms with Gasteiger partial charge in [-0.25, -0.2) is 5.43 Å². The van der Waals surface area contributed by atoms with Crippen molar-refractivity contribution in [3.63, 3.8) is 0 Å². The number of ether oxygens (including phenoxy) is 1. The molecule has 0 heterocycles. The number of carbonyl (C=O) groups excluding carboxylic acids is 1. The third kappa shape index (κ3) is 2.23. The normalized spacial score (nSPS) is 9.64. The van der Waals surface area contributed by atoms with Gasteiger partial charge in [0.05, 0.1) is 7.11 Å². The Morgan fingerprint density at radius 3 is 2.64 bits per heavy atom. The van der Waals surface area contributed by atoms with Crippen LogP contribution in [0.4, 0.5) is 0 Å². The predicted octanol–water partition coefficient (Wildman–Crippen LogP) is 0.868. The smallest absolute Gasteiger partial charge is 0.265 e. The molecule has 1 rings (SSSR count). The zero-order valence-corrected chi connectivity index (χ0v) is 8.55. The van der Waals surface area contributed by atoms with Gasteiger partial charge in [-0.3, -0.25) is 10.2 Å². The zero-order chi connectivity index (χ0) is 10.6. The number of amides is 1. The second-order valence-electron chi connectivity index (χ2n) is 2.89. The zero-order valence-electron chi connectivity index (χ0n) is 8.55. The maximum atomic E-state index is 11.4. The van der Waals surface area contributed by atoms with Crippen molar-refractivity contribution in [3.8, 4) is 5.75 Å². The van der Waals surface area contributed by atoms with Crippen LogP contribution in [0.25, 0.3) is 0 Å². The molecule has 0 radical (unpaired) electrons. The highest BCUT2D eigenvalue weighted by atomic mass is 16.5. The first-order valence-electron chi connectivity index (χ1n) is 4.30. The van der Waals surface area contributed by atoms with Crippen LogP contribution >= 0.6 is 0 Å². The highest BCUT2D eigenvalue weighted by Crippen LogP contribution is 2.18. The van der Waals surface area contributed by atoms with Gasteiger partial charge in [0, 0.05) is 12.6 Å². The van der Waals surface area contributed by atoms with Crippen LogP contribution in [0.5, 0.6) is 5.75 Å². The standard InChI is InChI=1S/C10H14N2O2/c1-7-6-8(10(13)12-11-2)4-5-9(7)14-3/h4-6,11H,1-3H3,(H,12,13). The van der Waals surface area contributed by atoms with Crippen LogP contribution in [-0.2, 0) is 0 Å². The monoisotopic (exact) mass is 194 g/mol. The van der Waals surface area contributed by atoms with E-state index >= 15 is 0 Å². The van der Waals surface area contributed by atoms with Crippen LogP contribution in [0.3, 0.4) is 0 Å². The van der Waals surface area contributed by atoms with E-state index in [0.29, 0.717) is 5.56 Å². The fourth-order valence-electron chi connectivity index (χ4n) is 1.21. The highest BCUT2D eigenvalue weighted by Gasteiger charge is 2.06. The molecule has 4 heteroatoms. The van der Waals surface area contributed by atoms with Gasteiger partial charge in [-0.05, 0) is 30.7 Å². The first-order valence-corrected chi connectivity index (χ1v) is 4.30. The molecule has 0 unspecified atom stereocenters. The Balaban J connectivity index is 2.91. The molecule has 0 bridgehead atoms. The highest BCUT2D eigenvalue weighted by molar-refractivity contribution is 5.94. The molecule has 0 aliphatic carbocycles. The third-order valence-corrected chi connectivity index (χ3v) is 1.90. The van der Waals surface area contributed by atoms with Crippen molar-refractivity contribution in [2.75, 3.05) is 14.2 Å². The summed E-state index contributed by atoms with van der Waals surface area (Å²) in [4.78, 5) is 11.4. The van der Waals surface area contributed by atoms with Crippen molar-refractivity contribution in [2.45, 2.75) is 6.92 Å². The van der Waals surface area contributed by atoms with E-state index in [-0.39, 0.29) is 5.91 Å². The van der Waals surface area contributed by atoms with Gasteiger partial charge >= 0.3 is 0 Å². The molecule has 0 aromatic heterocycles. The van der Waals surface area contributed by atoms with E-state index in [1.54, 1.807) is 32.4 Å². The van der Waals surface area contributed by atoms with Crippen LogP contribution < -0.4 is 15.6 Å². The van der Waals surface area contributed by atoms with Crippen LogP contribution in [-0.4, -0.2) is 20.1 Å². The minimum absolute atomic E-state index is 0.154. The summed E-state index contributed by atoms with van der Waals surface area (Å²) in [6.07, 6.45) is 0. The van der Waals surface area contributed by atoms with Crippen molar-refractivity contribution in [1.82, 2.24) is 10.9 Å². The van der Waals surface area contributed by atoms with Crippen molar-refractivity contribution in [2.24, 2.45) is 0 Å². The third-order valence-electron chi connectivity index (χ3n) is 1.90. The molecular weight excluding hydrogens is 180 g/mol. The van der Waals surface area contributed by atoms with Crippen LogP contribution in [0.1, 0.15) is 15.9 Å². The number of aryl methyl sites for hydroxylation is 1. The Hall–Kier alpha value is -1.55. The lowest BCUT2D eigenvalue weighted by atomic mass is 10.1. The van der Waals surface area contributed by atoms with Crippen LogP contribution in [0, 0.1) is 6.92 Å². The minimum atomic E-state index is -0.154. The van der Waals surface area contributed by atoms with Gasteiger partial charge in [-0.2, -0.15) is 0 Å². The first-order chi connectivity index (χ1) is 6.69. The minimum Gasteiger partial charge on any atom is -0.496 e. The Labute approximate surface area is 83.2 Å². The second-order valence-corrected chi connectivity index (χ2v) is 2.89. The lowest BCUT2D eigenvalue weighted by Gasteiger charge is -2.07. The SMILES string of the molecule is CNNC(=O)c1ccc(OC)c(C)c1. The molecule has 2 N–H and O–H groups in total. The van der Waals surface area contributed by atoms with Gasteiger partial charge in [0.2, 0.25) is 0 Å². The Kier molecular flexibility index (Phi) is 3.48. The molecule has 0 atom stereocenters. The van der Waals surface area contributed by atoms with E-state index in [9.17, 15) is 4.79 Å². The summed E-state index contributed by atoms with van der Waals surface area (Å²) in [5, 5.41) is 0. The number of methoxy groups -OCH3 is 1. The van der Waals surface area contributed by atoms with Gasteiger partial charge in [-0.15, -0.1) is 0 Å². The van der Waals surface area contributed by atoms with Crippen molar-refractivity contribution in [1.29, 1.82) is 0 Å². The van der Waals surface area contributed by atoms with E-state index in [2.05, 4.69) is 10.9 Å². The summed E-state index contributed by atoms with van der Waals surface area (Å²) < 4.78 is 5.09. The number of hydrogen-bond acceptors (Lipinski definition) is 3. The molecule has 0 aliphatic rings. The van der Waals surface area contributed by atoms with Crippen molar-refractivity contribution in [3.05, 3.63) is 29.3 Å². The van der Waals surface area contributed by atoms with Gasteiger partial charge in [-0.1, -0.05) is 0 Å². The summed E-state index contributed by atoms with van der Waals surface area (Å²) >= 11 is 0. The molecule has 0 saturated carbocycles. The fraction of sp³-hybridized carbons (Fsp3) is 0.300. The number of carbonyl (C=O) groups is 1. The second kappa shape index (κ2) is 4.62. The molecule has 1 amide bonds. The van der Waals surface area contributed by atoms with Crippen LogP contribution in [0.2, 0.25) is 0 Å². The number of hydrazine groups is 1. The number of nitrogens with one attached hydrogen (secondary N) is 2. The number of hydrogen-bond donors (Lipinski definition) is 2. The molecule has 0 fully saturated rings. The summed E-state index contributed by atoms with van der Waals surface area (Å²) in [5.74, 6) is 0.629. The fourth-order valence-corrected chi connectivity index (χ4v) is 1.21. The molecule has 0 spiro atoms. The Morgan fingerprint density at radius 2 is 2.14 bits per heavy atom. The lowest BCUT2D eigenvalue weighted by Crippen LogP contribution is -2.34. The van der Waals surface area contributed by atoms with E-state index < -0.39 is 0 Å². The molecular formula is C10H14N2O2. The van der Waals surface area contributed by atoms with Gasteiger partial charge in [0.25, 0.3) is 5.91 Å². The van der Waals surface area contributed by atoms with Crippen LogP contribution in [0.15, 0.2) is 18.2 Å². The molecule has 1 aromatic rings. The maximum Gasteiger partial charge on any atom is 0.265 e. The quantitative estimate of drug-likeness (QED) is 0.702. The average molecular weight is 194 g/mol. The molecule has 0 aliphatic heterocycles. The van der Waals surface area contributed by atoms with E-state index in [4.69, 9.17) is 4.74 Å². The topological polar surface area (TPSA) is 50.4 Å². The predicted molar refractivity (Wildman–Crippen MR) is 54.3 cm³/mol. The van der Waals surface area contributed by atoms with E-state index in [1.807, 2.05) is 6.92 Å². The molecule has 76 valence electrons. The molecule has 0 saturated heterocycles. The lowest BCUT2D eigenvalue weighted by molar-refractivity contribution is 0.0938.